The van der Waals surface area contributed by atoms with Gasteiger partial charge in [0.1, 0.15) is 30.5 Å². The van der Waals surface area contributed by atoms with Gasteiger partial charge in [0.25, 0.3) is 0 Å². The van der Waals surface area contributed by atoms with E-state index in [0.29, 0.717) is 19.1 Å². The summed E-state index contributed by atoms with van der Waals surface area (Å²) in [5.74, 6) is 3.19. The van der Waals surface area contributed by atoms with E-state index in [0.717, 1.165) is 29.4 Å². The van der Waals surface area contributed by atoms with Crippen molar-refractivity contribution in [3.63, 3.8) is 0 Å². The van der Waals surface area contributed by atoms with Crippen LogP contribution in [0.1, 0.15) is 30.4 Å². The lowest BCUT2D eigenvalue weighted by Gasteiger charge is -2.37. The van der Waals surface area contributed by atoms with Crippen LogP contribution in [0.15, 0.2) is 42.5 Å². The number of ether oxygens (including phenoxy) is 3. The first-order chi connectivity index (χ1) is 11.7. The third kappa shape index (κ3) is 2.71. The molecule has 2 aliphatic heterocycles. The quantitative estimate of drug-likeness (QED) is 0.934. The van der Waals surface area contributed by atoms with Crippen molar-refractivity contribution < 1.29 is 14.2 Å². The van der Waals surface area contributed by atoms with Gasteiger partial charge >= 0.3 is 0 Å². The number of hydrogen-bond acceptors (Lipinski definition) is 4. The molecule has 0 spiro atoms. The fourth-order valence-corrected chi connectivity index (χ4v) is 3.73. The number of benzene rings is 2. The lowest BCUT2D eigenvalue weighted by atomic mass is 9.80. The predicted octanol–water partition coefficient (Wildman–Crippen LogP) is 3.50. The number of nitrogens with one attached hydrogen (secondary N) is 1. The Morgan fingerprint density at radius 2 is 1.96 bits per heavy atom. The number of hydrogen-bond donors (Lipinski definition) is 1. The summed E-state index contributed by atoms with van der Waals surface area (Å²) in [5.41, 5.74) is 2.48. The third-order valence-electron chi connectivity index (χ3n) is 5.18. The van der Waals surface area contributed by atoms with Gasteiger partial charge in [-0.3, -0.25) is 0 Å². The summed E-state index contributed by atoms with van der Waals surface area (Å²) in [6, 6.07) is 14.2. The minimum Gasteiger partial charge on any atom is -0.497 e. The second kappa shape index (κ2) is 6.02. The summed E-state index contributed by atoms with van der Waals surface area (Å²) >= 11 is 0. The van der Waals surface area contributed by atoms with Gasteiger partial charge in [-0.05, 0) is 49.2 Å². The molecule has 0 aliphatic carbocycles. The van der Waals surface area contributed by atoms with E-state index in [2.05, 4.69) is 24.4 Å². The molecule has 4 nitrogen and oxygen atoms in total. The number of methoxy groups -OCH3 is 1. The van der Waals surface area contributed by atoms with Crippen LogP contribution < -0.4 is 19.5 Å². The van der Waals surface area contributed by atoms with E-state index in [1.54, 1.807) is 7.11 Å². The van der Waals surface area contributed by atoms with Gasteiger partial charge in [0.15, 0.2) is 0 Å². The molecule has 2 heterocycles. The van der Waals surface area contributed by atoms with Crippen molar-refractivity contribution in [3.05, 3.63) is 53.6 Å². The monoisotopic (exact) mass is 325 g/mol. The maximum atomic E-state index is 6.00. The Morgan fingerprint density at radius 1 is 1.17 bits per heavy atom. The fourth-order valence-electron chi connectivity index (χ4n) is 3.73. The van der Waals surface area contributed by atoms with E-state index in [-0.39, 0.29) is 5.54 Å². The van der Waals surface area contributed by atoms with Crippen LogP contribution in [-0.2, 0) is 6.61 Å². The highest BCUT2D eigenvalue weighted by molar-refractivity contribution is 5.46. The molecule has 2 atom stereocenters. The summed E-state index contributed by atoms with van der Waals surface area (Å²) in [4.78, 5) is 0. The maximum Gasteiger partial charge on any atom is 0.126 e. The van der Waals surface area contributed by atoms with E-state index in [1.165, 1.54) is 12.0 Å². The van der Waals surface area contributed by atoms with E-state index in [4.69, 9.17) is 14.2 Å². The first-order valence-electron chi connectivity index (χ1n) is 8.45. The Kier molecular flexibility index (Phi) is 3.85. The molecule has 0 aromatic heterocycles. The average molecular weight is 325 g/mol. The molecule has 0 unspecified atom stereocenters. The molecular weight excluding hydrogens is 302 g/mol. The SMILES string of the molecule is COc1ccc(COc2ccc3c(c2)OC[C@@]2(C)NCC[C@@H]32)cc1. The van der Waals surface area contributed by atoms with Crippen molar-refractivity contribution in [3.8, 4) is 17.2 Å². The average Bonchev–Trinajstić information content (AvgIpc) is 3.02. The molecule has 2 aliphatic rings. The van der Waals surface area contributed by atoms with Crippen LogP contribution in [0, 0.1) is 0 Å². The second-order valence-corrected chi connectivity index (χ2v) is 6.81. The Bertz CT molecular complexity index is 728. The van der Waals surface area contributed by atoms with Gasteiger partial charge in [-0.2, -0.15) is 0 Å². The zero-order valence-corrected chi connectivity index (χ0v) is 14.2. The normalized spacial score (nSPS) is 24.7. The highest BCUT2D eigenvalue weighted by Gasteiger charge is 2.44. The Hall–Kier alpha value is -2.20. The fraction of sp³-hybridized carbons (Fsp3) is 0.400. The molecule has 4 rings (SSSR count). The zero-order chi connectivity index (χ0) is 16.6. The van der Waals surface area contributed by atoms with Crippen molar-refractivity contribution in [1.29, 1.82) is 0 Å². The molecular formula is C20H23NO3. The molecule has 2 aromatic carbocycles. The topological polar surface area (TPSA) is 39.7 Å². The molecule has 0 bridgehead atoms. The molecule has 2 aromatic rings. The molecule has 126 valence electrons. The van der Waals surface area contributed by atoms with Crippen molar-refractivity contribution >= 4 is 0 Å². The van der Waals surface area contributed by atoms with Gasteiger partial charge in [-0.15, -0.1) is 0 Å². The summed E-state index contributed by atoms with van der Waals surface area (Å²) in [7, 11) is 1.67. The predicted molar refractivity (Wildman–Crippen MR) is 93.0 cm³/mol. The maximum absolute atomic E-state index is 6.00. The highest BCUT2D eigenvalue weighted by Crippen LogP contribution is 2.45. The minimum absolute atomic E-state index is 0.0679. The summed E-state index contributed by atoms with van der Waals surface area (Å²) < 4.78 is 17.1. The molecule has 0 saturated carbocycles. The lowest BCUT2D eigenvalue weighted by molar-refractivity contribution is 0.169. The third-order valence-corrected chi connectivity index (χ3v) is 5.18. The molecule has 24 heavy (non-hydrogen) atoms. The highest BCUT2D eigenvalue weighted by atomic mass is 16.5. The van der Waals surface area contributed by atoms with Crippen molar-refractivity contribution in [2.75, 3.05) is 20.3 Å². The van der Waals surface area contributed by atoms with E-state index in [1.807, 2.05) is 30.3 Å². The second-order valence-electron chi connectivity index (χ2n) is 6.81. The van der Waals surface area contributed by atoms with Crippen LogP contribution in [0.2, 0.25) is 0 Å². The Morgan fingerprint density at radius 3 is 2.75 bits per heavy atom. The Labute approximate surface area is 142 Å². The smallest absolute Gasteiger partial charge is 0.126 e. The molecule has 0 amide bonds. The number of rotatable bonds is 4. The van der Waals surface area contributed by atoms with Gasteiger partial charge in [0, 0.05) is 12.0 Å². The van der Waals surface area contributed by atoms with Gasteiger partial charge in [-0.25, -0.2) is 0 Å². The first kappa shape index (κ1) is 15.3. The minimum atomic E-state index is 0.0679. The molecule has 0 radical (unpaired) electrons. The van der Waals surface area contributed by atoms with Gasteiger partial charge < -0.3 is 19.5 Å². The van der Waals surface area contributed by atoms with E-state index < -0.39 is 0 Å². The van der Waals surface area contributed by atoms with Crippen LogP contribution >= 0.6 is 0 Å². The van der Waals surface area contributed by atoms with Crippen molar-refractivity contribution in [1.82, 2.24) is 5.32 Å². The van der Waals surface area contributed by atoms with E-state index in [9.17, 15) is 0 Å². The van der Waals surface area contributed by atoms with Crippen molar-refractivity contribution in [2.45, 2.75) is 31.4 Å². The molecule has 1 fully saturated rings. The van der Waals surface area contributed by atoms with Gasteiger partial charge in [-0.1, -0.05) is 18.2 Å². The van der Waals surface area contributed by atoms with Crippen LogP contribution in [0.4, 0.5) is 0 Å². The van der Waals surface area contributed by atoms with Crippen molar-refractivity contribution in [2.24, 2.45) is 0 Å². The summed E-state index contributed by atoms with van der Waals surface area (Å²) in [5, 5.41) is 3.58. The van der Waals surface area contributed by atoms with Gasteiger partial charge in [0.05, 0.1) is 12.6 Å². The largest absolute Gasteiger partial charge is 0.497 e. The van der Waals surface area contributed by atoms with Crippen LogP contribution in [0.3, 0.4) is 0 Å². The zero-order valence-electron chi connectivity index (χ0n) is 14.2. The van der Waals surface area contributed by atoms with Gasteiger partial charge in [0.2, 0.25) is 0 Å². The summed E-state index contributed by atoms with van der Waals surface area (Å²) in [6.45, 7) is 4.56. The van der Waals surface area contributed by atoms with Crippen LogP contribution in [0.5, 0.6) is 17.2 Å². The summed E-state index contributed by atoms with van der Waals surface area (Å²) in [6.07, 6.45) is 1.17. The van der Waals surface area contributed by atoms with E-state index >= 15 is 0 Å². The Balaban J connectivity index is 1.47. The standard InChI is InChI=1S/C20H23NO3/c1-20-13-24-19-11-16(7-8-17(19)18(20)9-10-21-20)23-12-14-3-5-15(22-2)6-4-14/h3-8,11,18,21H,9-10,12-13H2,1-2H3/t18-,20+/m0/s1. The number of fused-ring (bicyclic) bond motifs is 3. The molecule has 4 heteroatoms. The first-order valence-corrected chi connectivity index (χ1v) is 8.45. The van der Waals surface area contributed by atoms with Crippen LogP contribution in [0.25, 0.3) is 0 Å². The lowest BCUT2D eigenvalue weighted by Crippen LogP contribution is -2.48. The van der Waals surface area contributed by atoms with Crippen LogP contribution in [-0.4, -0.2) is 25.8 Å². The molecule has 1 N–H and O–H groups in total. The molecule has 1 saturated heterocycles.